The fourth-order valence-electron chi connectivity index (χ4n) is 3.55. The summed E-state index contributed by atoms with van der Waals surface area (Å²) in [4.78, 5) is 16.8. The van der Waals surface area contributed by atoms with Crippen LogP contribution >= 0.6 is 0 Å². The highest BCUT2D eigenvalue weighted by Crippen LogP contribution is 2.21. The van der Waals surface area contributed by atoms with E-state index in [1.807, 2.05) is 37.9 Å². The molecule has 1 aromatic heterocycles. The summed E-state index contributed by atoms with van der Waals surface area (Å²) < 4.78 is 0. The Hall–Kier alpha value is -2.30. The van der Waals surface area contributed by atoms with Crippen LogP contribution in [-0.4, -0.2) is 47.7 Å². The summed E-state index contributed by atoms with van der Waals surface area (Å²) in [5.41, 5.74) is 5.45. The highest BCUT2D eigenvalue weighted by atomic mass is 16.2. The third-order valence-electron chi connectivity index (χ3n) is 5.13. The summed E-state index contributed by atoms with van der Waals surface area (Å²) in [5.74, 6) is 0.0913. The van der Waals surface area contributed by atoms with Gasteiger partial charge in [-0.2, -0.15) is 5.10 Å². The van der Waals surface area contributed by atoms with Gasteiger partial charge in [0.05, 0.1) is 5.69 Å². The molecule has 1 aromatic carbocycles. The topological polar surface area (TPSA) is 52.2 Å². The fourth-order valence-corrected chi connectivity index (χ4v) is 3.55. The lowest BCUT2D eigenvalue weighted by Crippen LogP contribution is -2.28. The molecular weight excluding hydrogens is 312 g/mol. The highest BCUT2D eigenvalue weighted by molar-refractivity contribution is 5.94. The number of aromatic nitrogens is 2. The van der Waals surface area contributed by atoms with Crippen molar-refractivity contribution in [3.63, 3.8) is 0 Å². The predicted octanol–water partition coefficient (Wildman–Crippen LogP) is 3.33. The molecule has 25 heavy (non-hydrogen) atoms. The molecule has 5 nitrogen and oxygen atoms in total. The normalized spacial score (nSPS) is 14.1. The molecule has 0 saturated carbocycles. The molecule has 0 atom stereocenters. The number of H-pyrrole nitrogens is 1. The molecule has 0 aliphatic carbocycles. The van der Waals surface area contributed by atoms with Crippen LogP contribution in [0.15, 0.2) is 24.3 Å². The van der Waals surface area contributed by atoms with E-state index in [1.165, 1.54) is 24.1 Å². The number of nitrogens with zero attached hydrogens (tertiary/aromatic N) is 3. The molecule has 0 bridgehead atoms. The van der Waals surface area contributed by atoms with Gasteiger partial charge in [0.15, 0.2) is 0 Å². The van der Waals surface area contributed by atoms with E-state index in [2.05, 4.69) is 27.2 Å². The maximum Gasteiger partial charge on any atom is 0.253 e. The van der Waals surface area contributed by atoms with Gasteiger partial charge >= 0.3 is 0 Å². The number of hydrogen-bond acceptors (Lipinski definition) is 3. The highest BCUT2D eigenvalue weighted by Gasteiger charge is 2.15. The van der Waals surface area contributed by atoms with E-state index in [4.69, 9.17) is 0 Å². The van der Waals surface area contributed by atoms with E-state index in [-0.39, 0.29) is 5.91 Å². The minimum atomic E-state index is 0.0913. The van der Waals surface area contributed by atoms with Gasteiger partial charge in [-0.15, -0.1) is 0 Å². The lowest BCUT2D eigenvalue weighted by Gasteiger charge is -2.20. The molecule has 1 aliphatic rings. The Bertz CT molecular complexity index is 694. The Labute approximate surface area is 150 Å². The van der Waals surface area contributed by atoms with Crippen molar-refractivity contribution in [2.24, 2.45) is 0 Å². The molecule has 1 N–H and O–H groups in total. The standard InChI is InChI=1S/C20H28N4O/c1-15-19(16(2)22-21-15)7-6-12-23(3)20(25)17-8-10-18(11-9-17)24-13-4-5-14-24/h8-11H,4-7,12-14H2,1-3H3,(H,21,22). The van der Waals surface area contributed by atoms with Crippen LogP contribution in [0.4, 0.5) is 5.69 Å². The number of hydrogen-bond donors (Lipinski definition) is 1. The second-order valence-corrected chi connectivity index (χ2v) is 6.98. The summed E-state index contributed by atoms with van der Waals surface area (Å²) in [6, 6.07) is 8.06. The lowest BCUT2D eigenvalue weighted by atomic mass is 10.1. The van der Waals surface area contributed by atoms with E-state index in [1.54, 1.807) is 0 Å². The molecule has 1 amide bonds. The minimum absolute atomic E-state index is 0.0913. The van der Waals surface area contributed by atoms with Crippen molar-refractivity contribution in [2.75, 3.05) is 31.6 Å². The van der Waals surface area contributed by atoms with Gasteiger partial charge in [0, 0.05) is 43.6 Å². The second kappa shape index (κ2) is 7.72. The number of carbonyl (C=O) groups excluding carboxylic acids is 1. The molecule has 5 heteroatoms. The number of anilines is 1. The van der Waals surface area contributed by atoms with Crippen LogP contribution in [0.2, 0.25) is 0 Å². The molecular formula is C20H28N4O. The smallest absolute Gasteiger partial charge is 0.253 e. The van der Waals surface area contributed by atoms with Gasteiger partial charge in [-0.25, -0.2) is 0 Å². The summed E-state index contributed by atoms with van der Waals surface area (Å²) in [6.45, 7) is 7.07. The zero-order valence-electron chi connectivity index (χ0n) is 15.5. The van der Waals surface area contributed by atoms with Crippen LogP contribution < -0.4 is 4.90 Å². The molecule has 1 saturated heterocycles. The number of aromatic amines is 1. The third kappa shape index (κ3) is 4.03. The van der Waals surface area contributed by atoms with Crippen LogP contribution in [0, 0.1) is 13.8 Å². The van der Waals surface area contributed by atoms with Crippen molar-refractivity contribution >= 4 is 11.6 Å². The molecule has 1 fully saturated rings. The quantitative estimate of drug-likeness (QED) is 0.877. The molecule has 0 spiro atoms. The van der Waals surface area contributed by atoms with Crippen LogP contribution in [0.1, 0.15) is 46.6 Å². The lowest BCUT2D eigenvalue weighted by molar-refractivity contribution is 0.0793. The first-order chi connectivity index (χ1) is 12.1. The van der Waals surface area contributed by atoms with Crippen molar-refractivity contribution in [1.82, 2.24) is 15.1 Å². The molecule has 3 rings (SSSR count). The molecule has 1 aliphatic heterocycles. The maximum absolute atomic E-state index is 12.6. The SMILES string of the molecule is Cc1n[nH]c(C)c1CCCN(C)C(=O)c1ccc(N2CCCC2)cc1. The zero-order chi connectivity index (χ0) is 17.8. The number of aryl methyl sites for hydroxylation is 2. The number of carbonyl (C=O) groups is 1. The first-order valence-electron chi connectivity index (χ1n) is 9.17. The number of amides is 1. The average Bonchev–Trinajstić information content (AvgIpc) is 3.26. The largest absolute Gasteiger partial charge is 0.372 e. The van der Waals surface area contributed by atoms with Crippen molar-refractivity contribution in [3.8, 4) is 0 Å². The number of benzene rings is 1. The van der Waals surface area contributed by atoms with Gasteiger partial charge in [-0.05, 0) is 69.4 Å². The van der Waals surface area contributed by atoms with Crippen molar-refractivity contribution in [1.29, 1.82) is 0 Å². The van der Waals surface area contributed by atoms with E-state index < -0.39 is 0 Å². The number of rotatable bonds is 6. The Balaban J connectivity index is 1.53. The summed E-state index contributed by atoms with van der Waals surface area (Å²) in [7, 11) is 1.88. The molecule has 2 heterocycles. The molecule has 134 valence electrons. The van der Waals surface area contributed by atoms with Gasteiger partial charge in [-0.3, -0.25) is 9.89 Å². The predicted molar refractivity (Wildman–Crippen MR) is 101 cm³/mol. The van der Waals surface area contributed by atoms with Crippen molar-refractivity contribution in [3.05, 3.63) is 46.8 Å². The Kier molecular flexibility index (Phi) is 5.41. The van der Waals surface area contributed by atoms with Crippen LogP contribution in [0.25, 0.3) is 0 Å². The van der Waals surface area contributed by atoms with E-state index in [9.17, 15) is 4.79 Å². The van der Waals surface area contributed by atoms with Crippen LogP contribution in [-0.2, 0) is 6.42 Å². The maximum atomic E-state index is 12.6. The molecule has 0 radical (unpaired) electrons. The van der Waals surface area contributed by atoms with Gasteiger partial charge in [0.25, 0.3) is 5.91 Å². The molecule has 0 unspecified atom stereocenters. The van der Waals surface area contributed by atoms with Crippen LogP contribution in [0.3, 0.4) is 0 Å². The minimum Gasteiger partial charge on any atom is -0.372 e. The first kappa shape index (κ1) is 17.5. The monoisotopic (exact) mass is 340 g/mol. The Morgan fingerprint density at radius 2 is 1.88 bits per heavy atom. The van der Waals surface area contributed by atoms with E-state index in [0.29, 0.717) is 0 Å². The first-order valence-corrected chi connectivity index (χ1v) is 9.17. The average molecular weight is 340 g/mol. The van der Waals surface area contributed by atoms with Gasteiger partial charge in [0.2, 0.25) is 0 Å². The fraction of sp³-hybridized carbons (Fsp3) is 0.500. The zero-order valence-corrected chi connectivity index (χ0v) is 15.5. The van der Waals surface area contributed by atoms with Gasteiger partial charge < -0.3 is 9.80 Å². The van der Waals surface area contributed by atoms with E-state index >= 15 is 0 Å². The van der Waals surface area contributed by atoms with Crippen LogP contribution in [0.5, 0.6) is 0 Å². The summed E-state index contributed by atoms with van der Waals surface area (Å²) in [6.07, 6.45) is 4.41. The van der Waals surface area contributed by atoms with Crippen molar-refractivity contribution < 1.29 is 4.79 Å². The summed E-state index contributed by atoms with van der Waals surface area (Å²) in [5, 5.41) is 7.25. The number of nitrogens with one attached hydrogen (secondary N) is 1. The van der Waals surface area contributed by atoms with E-state index in [0.717, 1.165) is 49.4 Å². The van der Waals surface area contributed by atoms with Gasteiger partial charge in [-0.1, -0.05) is 0 Å². The second-order valence-electron chi connectivity index (χ2n) is 6.98. The third-order valence-corrected chi connectivity index (χ3v) is 5.13. The Morgan fingerprint density at radius 3 is 2.48 bits per heavy atom. The Morgan fingerprint density at radius 1 is 1.20 bits per heavy atom. The van der Waals surface area contributed by atoms with Crippen molar-refractivity contribution in [2.45, 2.75) is 39.5 Å². The molecule has 2 aromatic rings. The van der Waals surface area contributed by atoms with Gasteiger partial charge in [0.1, 0.15) is 0 Å². The summed E-state index contributed by atoms with van der Waals surface area (Å²) >= 11 is 0.